The van der Waals surface area contributed by atoms with E-state index in [1.807, 2.05) is 0 Å². The maximum Gasteiger partial charge on any atom is 0.270 e. The van der Waals surface area contributed by atoms with E-state index in [1.54, 1.807) is 18.5 Å². The summed E-state index contributed by atoms with van der Waals surface area (Å²) in [5.41, 5.74) is -0.220. The van der Waals surface area contributed by atoms with Gasteiger partial charge in [0.1, 0.15) is 17.0 Å². The van der Waals surface area contributed by atoms with Crippen LogP contribution in [0.25, 0.3) is 0 Å². The van der Waals surface area contributed by atoms with Crippen LogP contribution in [0.5, 0.6) is 5.75 Å². The molecule has 2 aromatic heterocycles. The van der Waals surface area contributed by atoms with Gasteiger partial charge in [-0.3, -0.25) is 4.79 Å². The molecule has 6 nitrogen and oxygen atoms in total. The molecule has 0 aliphatic heterocycles. The van der Waals surface area contributed by atoms with Crippen molar-refractivity contribution in [3.8, 4) is 5.75 Å². The minimum atomic E-state index is -0.488. The first-order valence-corrected chi connectivity index (χ1v) is 6.45. The number of aromatic hydroxyl groups is 1. The molecule has 0 saturated heterocycles. The zero-order valence-corrected chi connectivity index (χ0v) is 10.8. The highest BCUT2D eigenvalue weighted by Gasteiger charge is 2.42. The lowest BCUT2D eigenvalue weighted by atomic mass is 9.76. The molecule has 0 aromatic carbocycles. The second kappa shape index (κ2) is 4.88. The van der Waals surface area contributed by atoms with Gasteiger partial charge in [0.2, 0.25) is 0 Å². The first kappa shape index (κ1) is 12.5. The topological polar surface area (TPSA) is 88.0 Å². The van der Waals surface area contributed by atoms with Gasteiger partial charge in [0, 0.05) is 12.4 Å². The van der Waals surface area contributed by atoms with Gasteiger partial charge in [-0.2, -0.15) is 0 Å². The van der Waals surface area contributed by atoms with Crippen LogP contribution < -0.4 is 5.32 Å². The van der Waals surface area contributed by atoms with Gasteiger partial charge < -0.3 is 10.4 Å². The first-order chi connectivity index (χ1) is 9.70. The Hall–Kier alpha value is -2.50. The minimum absolute atomic E-state index is 0.0336. The second-order valence-electron chi connectivity index (χ2n) is 4.86. The summed E-state index contributed by atoms with van der Waals surface area (Å²) in [5, 5.41) is 12.2. The molecule has 2 aromatic rings. The van der Waals surface area contributed by atoms with Crippen LogP contribution in [0.2, 0.25) is 0 Å². The number of nitrogens with one attached hydrogen (secondary N) is 1. The Morgan fingerprint density at radius 1 is 1.20 bits per heavy atom. The largest absolute Gasteiger partial charge is 0.506 e. The van der Waals surface area contributed by atoms with Gasteiger partial charge in [-0.1, -0.05) is 0 Å². The van der Waals surface area contributed by atoms with Crippen LogP contribution in [0.1, 0.15) is 35.6 Å². The summed E-state index contributed by atoms with van der Waals surface area (Å²) < 4.78 is 0. The van der Waals surface area contributed by atoms with Crippen LogP contribution in [-0.2, 0) is 5.54 Å². The second-order valence-corrected chi connectivity index (χ2v) is 4.86. The molecular formula is C14H14N4O2. The fraction of sp³-hybridized carbons (Fsp3) is 0.286. The fourth-order valence-corrected chi connectivity index (χ4v) is 2.28. The Labute approximate surface area is 115 Å². The number of carbonyl (C=O) groups excluding carboxylic acids is 1. The number of hydrogen-bond donors (Lipinski definition) is 2. The lowest BCUT2D eigenvalue weighted by molar-refractivity contribution is 0.0803. The molecule has 1 aliphatic carbocycles. The van der Waals surface area contributed by atoms with Crippen molar-refractivity contribution in [2.24, 2.45) is 0 Å². The van der Waals surface area contributed by atoms with E-state index in [1.165, 1.54) is 18.3 Å². The lowest BCUT2D eigenvalue weighted by Gasteiger charge is -2.40. The average Bonchev–Trinajstić information content (AvgIpc) is 2.44. The van der Waals surface area contributed by atoms with Crippen LogP contribution in [0.15, 0.2) is 36.8 Å². The van der Waals surface area contributed by atoms with Crippen molar-refractivity contribution in [2.75, 3.05) is 0 Å². The van der Waals surface area contributed by atoms with Crippen LogP contribution in [0.3, 0.4) is 0 Å². The van der Waals surface area contributed by atoms with E-state index in [-0.39, 0.29) is 17.4 Å². The number of hydrogen-bond acceptors (Lipinski definition) is 5. The predicted octanol–water partition coefficient (Wildman–Crippen LogP) is 1.39. The molecule has 1 fully saturated rings. The molecule has 1 saturated carbocycles. The number of pyridine rings is 1. The van der Waals surface area contributed by atoms with Crippen molar-refractivity contribution in [1.29, 1.82) is 0 Å². The van der Waals surface area contributed by atoms with E-state index in [0.717, 1.165) is 19.3 Å². The molecule has 0 atom stereocenters. The third kappa shape index (κ3) is 2.20. The summed E-state index contributed by atoms with van der Waals surface area (Å²) >= 11 is 0. The number of rotatable bonds is 3. The first-order valence-electron chi connectivity index (χ1n) is 6.45. The Morgan fingerprint density at radius 2 is 1.95 bits per heavy atom. The van der Waals surface area contributed by atoms with Crippen molar-refractivity contribution in [3.63, 3.8) is 0 Å². The molecular weight excluding hydrogens is 256 g/mol. The summed E-state index contributed by atoms with van der Waals surface area (Å²) in [4.78, 5) is 24.6. The molecule has 0 bridgehead atoms. The van der Waals surface area contributed by atoms with Crippen molar-refractivity contribution < 1.29 is 9.90 Å². The van der Waals surface area contributed by atoms with Crippen LogP contribution in [0.4, 0.5) is 0 Å². The molecule has 2 heterocycles. The number of carbonyl (C=O) groups is 1. The summed E-state index contributed by atoms with van der Waals surface area (Å²) in [5.74, 6) is 0.391. The molecule has 20 heavy (non-hydrogen) atoms. The Kier molecular flexibility index (Phi) is 3.06. The maximum atomic E-state index is 12.2. The van der Waals surface area contributed by atoms with E-state index < -0.39 is 5.54 Å². The molecule has 2 N–H and O–H groups in total. The Morgan fingerprint density at radius 3 is 2.50 bits per heavy atom. The van der Waals surface area contributed by atoms with Crippen molar-refractivity contribution in [1.82, 2.24) is 20.3 Å². The molecule has 0 spiro atoms. The van der Waals surface area contributed by atoms with Crippen molar-refractivity contribution >= 4 is 5.91 Å². The molecule has 0 radical (unpaired) electrons. The van der Waals surface area contributed by atoms with E-state index >= 15 is 0 Å². The highest BCUT2D eigenvalue weighted by molar-refractivity contribution is 5.92. The van der Waals surface area contributed by atoms with Gasteiger partial charge >= 0.3 is 0 Å². The Bertz CT molecular complexity index is 609. The number of aromatic nitrogens is 3. The zero-order chi connectivity index (χ0) is 14.0. The normalized spacial score (nSPS) is 16.2. The molecule has 1 amide bonds. The minimum Gasteiger partial charge on any atom is -0.506 e. The van der Waals surface area contributed by atoms with Crippen molar-refractivity contribution in [2.45, 2.75) is 24.8 Å². The monoisotopic (exact) mass is 270 g/mol. The summed E-state index contributed by atoms with van der Waals surface area (Å²) in [6, 6.07) is 4.68. The molecule has 0 unspecified atom stereocenters. The average molecular weight is 270 g/mol. The van der Waals surface area contributed by atoms with Gasteiger partial charge in [-0.25, -0.2) is 15.0 Å². The summed E-state index contributed by atoms with van der Waals surface area (Å²) in [6.07, 6.45) is 7.27. The van der Waals surface area contributed by atoms with Gasteiger partial charge in [-0.15, -0.1) is 0 Å². The predicted molar refractivity (Wildman–Crippen MR) is 70.9 cm³/mol. The fourth-order valence-electron chi connectivity index (χ4n) is 2.28. The van der Waals surface area contributed by atoms with Crippen LogP contribution in [-0.4, -0.2) is 26.0 Å². The highest BCUT2D eigenvalue weighted by atomic mass is 16.3. The van der Waals surface area contributed by atoms with E-state index in [2.05, 4.69) is 20.3 Å². The number of amides is 1. The molecule has 3 rings (SSSR count). The van der Waals surface area contributed by atoms with Crippen molar-refractivity contribution in [3.05, 3.63) is 48.3 Å². The molecule has 6 heteroatoms. The third-order valence-electron chi connectivity index (χ3n) is 3.53. The summed E-state index contributed by atoms with van der Waals surface area (Å²) in [6.45, 7) is 0. The molecule has 1 aliphatic rings. The standard InChI is InChI=1S/C14H14N4O2/c19-10-3-4-11(17-9-10)12(20)18-14(5-1-6-14)13-15-7-2-8-16-13/h2-4,7-9,19H,1,5-6H2,(H,18,20). The third-order valence-corrected chi connectivity index (χ3v) is 3.53. The van der Waals surface area contributed by atoms with Gasteiger partial charge in [-0.05, 0) is 37.5 Å². The quantitative estimate of drug-likeness (QED) is 0.879. The highest BCUT2D eigenvalue weighted by Crippen LogP contribution is 2.39. The smallest absolute Gasteiger partial charge is 0.270 e. The number of nitrogens with zero attached hydrogens (tertiary/aromatic N) is 3. The van der Waals surface area contributed by atoms with Gasteiger partial charge in [0.25, 0.3) is 5.91 Å². The molecule has 102 valence electrons. The van der Waals surface area contributed by atoms with Crippen LogP contribution >= 0.6 is 0 Å². The summed E-state index contributed by atoms with van der Waals surface area (Å²) in [7, 11) is 0. The van der Waals surface area contributed by atoms with Gasteiger partial charge in [0.05, 0.1) is 6.20 Å². The van der Waals surface area contributed by atoms with E-state index in [4.69, 9.17) is 0 Å². The SMILES string of the molecule is O=C(NC1(c2ncccn2)CCC1)c1ccc(O)cn1. The lowest BCUT2D eigenvalue weighted by Crippen LogP contribution is -2.52. The van der Waals surface area contributed by atoms with Gasteiger partial charge in [0.15, 0.2) is 5.82 Å². The van der Waals surface area contributed by atoms with Crippen LogP contribution in [0, 0.1) is 0 Å². The Balaban J connectivity index is 1.82. The van der Waals surface area contributed by atoms with E-state index in [9.17, 15) is 9.90 Å². The van der Waals surface area contributed by atoms with E-state index in [0.29, 0.717) is 5.82 Å². The zero-order valence-electron chi connectivity index (χ0n) is 10.8. The maximum absolute atomic E-state index is 12.2.